The summed E-state index contributed by atoms with van der Waals surface area (Å²) in [4.78, 5) is 39.0. The van der Waals surface area contributed by atoms with Gasteiger partial charge in [0.25, 0.3) is 11.8 Å². The third kappa shape index (κ3) is 4.87. The van der Waals surface area contributed by atoms with Crippen molar-refractivity contribution in [2.75, 3.05) is 11.5 Å². The standard InChI is InChI=1S/C22H19Cl3N2O4/c1-11(2)10-31-19-13(7-14(23)9-17(19)25)8-15-20(28)26-22(30)27(21(15)29)18-6-4-5-16(24)12(18)3/h4-9,11H,10H2,1-3H3,(H,26,28,30)/b15-8+. The maximum Gasteiger partial charge on any atom is 0.335 e. The van der Waals surface area contributed by atoms with E-state index in [9.17, 15) is 14.4 Å². The fraction of sp³-hybridized carbons (Fsp3) is 0.227. The van der Waals surface area contributed by atoms with Crippen LogP contribution in [0.15, 0.2) is 35.9 Å². The molecule has 0 spiro atoms. The lowest BCUT2D eigenvalue weighted by Crippen LogP contribution is -2.54. The number of nitrogens with zero attached hydrogens (tertiary/aromatic N) is 1. The summed E-state index contributed by atoms with van der Waals surface area (Å²) < 4.78 is 5.79. The van der Waals surface area contributed by atoms with E-state index in [0.29, 0.717) is 27.8 Å². The summed E-state index contributed by atoms with van der Waals surface area (Å²) in [5, 5.41) is 3.10. The van der Waals surface area contributed by atoms with Gasteiger partial charge < -0.3 is 4.74 Å². The molecule has 3 rings (SSSR count). The maximum atomic E-state index is 13.2. The van der Waals surface area contributed by atoms with Gasteiger partial charge >= 0.3 is 6.03 Å². The molecule has 1 aliphatic heterocycles. The van der Waals surface area contributed by atoms with Crippen molar-refractivity contribution in [1.82, 2.24) is 5.32 Å². The zero-order valence-electron chi connectivity index (χ0n) is 17.0. The lowest BCUT2D eigenvalue weighted by atomic mass is 10.0. The van der Waals surface area contributed by atoms with Crippen LogP contribution in [0.2, 0.25) is 15.1 Å². The molecule has 0 bridgehead atoms. The minimum Gasteiger partial charge on any atom is -0.491 e. The van der Waals surface area contributed by atoms with Gasteiger partial charge in [0, 0.05) is 15.6 Å². The SMILES string of the molecule is Cc1c(Cl)cccc1N1C(=O)NC(=O)/C(=C\c2cc(Cl)cc(Cl)c2OCC(C)C)C1=O. The number of urea groups is 1. The molecule has 1 fully saturated rings. The summed E-state index contributed by atoms with van der Waals surface area (Å²) in [6.07, 6.45) is 1.31. The molecule has 0 atom stereocenters. The van der Waals surface area contributed by atoms with Crippen molar-refractivity contribution in [3.8, 4) is 5.75 Å². The van der Waals surface area contributed by atoms with Crippen LogP contribution in [0, 0.1) is 12.8 Å². The van der Waals surface area contributed by atoms with Crippen molar-refractivity contribution < 1.29 is 19.1 Å². The van der Waals surface area contributed by atoms with Crippen LogP contribution in [0.3, 0.4) is 0 Å². The van der Waals surface area contributed by atoms with Gasteiger partial charge in [0.05, 0.1) is 17.3 Å². The minimum absolute atomic E-state index is 0.214. The number of anilines is 1. The highest BCUT2D eigenvalue weighted by molar-refractivity contribution is 6.40. The van der Waals surface area contributed by atoms with Gasteiger partial charge in [-0.05, 0) is 48.7 Å². The van der Waals surface area contributed by atoms with Gasteiger partial charge in [-0.3, -0.25) is 14.9 Å². The van der Waals surface area contributed by atoms with E-state index in [0.717, 1.165) is 4.90 Å². The number of halogens is 3. The van der Waals surface area contributed by atoms with Crippen molar-refractivity contribution in [1.29, 1.82) is 0 Å². The minimum atomic E-state index is -0.863. The number of ether oxygens (including phenoxy) is 1. The van der Waals surface area contributed by atoms with Crippen molar-refractivity contribution in [3.05, 3.63) is 62.1 Å². The molecule has 6 nitrogen and oxygen atoms in total. The lowest BCUT2D eigenvalue weighted by molar-refractivity contribution is -0.122. The van der Waals surface area contributed by atoms with Crippen LogP contribution in [-0.2, 0) is 9.59 Å². The van der Waals surface area contributed by atoms with Crippen LogP contribution in [0.5, 0.6) is 5.75 Å². The average molecular weight is 482 g/mol. The molecule has 0 aliphatic carbocycles. The Morgan fingerprint density at radius 2 is 1.81 bits per heavy atom. The molecule has 9 heteroatoms. The molecule has 0 aromatic heterocycles. The van der Waals surface area contributed by atoms with E-state index in [2.05, 4.69) is 5.32 Å². The molecular formula is C22H19Cl3N2O4. The first-order valence-corrected chi connectivity index (χ1v) is 10.5. The second-order valence-corrected chi connectivity index (χ2v) is 8.60. The number of barbiturate groups is 1. The Balaban J connectivity index is 2.10. The summed E-state index contributed by atoms with van der Waals surface area (Å²) in [6, 6.07) is 6.99. The molecule has 1 N–H and O–H groups in total. The van der Waals surface area contributed by atoms with Gasteiger partial charge in [-0.2, -0.15) is 0 Å². The highest BCUT2D eigenvalue weighted by Gasteiger charge is 2.38. The monoisotopic (exact) mass is 480 g/mol. The summed E-state index contributed by atoms with van der Waals surface area (Å²) in [7, 11) is 0. The largest absolute Gasteiger partial charge is 0.491 e. The quantitative estimate of drug-likeness (QED) is 0.442. The van der Waals surface area contributed by atoms with Crippen molar-refractivity contribution in [3.63, 3.8) is 0 Å². The van der Waals surface area contributed by atoms with Crippen LogP contribution < -0.4 is 15.0 Å². The Labute approximate surface area is 194 Å². The normalized spacial score (nSPS) is 15.6. The number of rotatable bonds is 5. The average Bonchev–Trinajstić information content (AvgIpc) is 2.67. The van der Waals surface area contributed by atoms with Crippen LogP contribution in [0.4, 0.5) is 10.5 Å². The highest BCUT2D eigenvalue weighted by Crippen LogP contribution is 2.35. The number of carbonyl (C=O) groups is 3. The van der Waals surface area contributed by atoms with Gasteiger partial charge in [0.2, 0.25) is 0 Å². The molecule has 1 heterocycles. The summed E-state index contributed by atoms with van der Waals surface area (Å²) in [5.41, 5.74) is 0.863. The first kappa shape index (κ1) is 23.1. The van der Waals surface area contributed by atoms with Crippen LogP contribution >= 0.6 is 34.8 Å². The molecule has 31 heavy (non-hydrogen) atoms. The van der Waals surface area contributed by atoms with Gasteiger partial charge in [-0.1, -0.05) is 54.7 Å². The molecule has 4 amide bonds. The topological polar surface area (TPSA) is 75.7 Å². The summed E-state index contributed by atoms with van der Waals surface area (Å²) in [5.74, 6) is -1.14. The fourth-order valence-electron chi connectivity index (χ4n) is 2.96. The summed E-state index contributed by atoms with van der Waals surface area (Å²) in [6.45, 7) is 5.98. The van der Waals surface area contributed by atoms with E-state index in [4.69, 9.17) is 39.5 Å². The third-order valence-electron chi connectivity index (χ3n) is 4.48. The Hall–Kier alpha value is -2.54. The Kier molecular flexibility index (Phi) is 6.94. The number of carbonyl (C=O) groups excluding carboxylic acids is 3. The van der Waals surface area contributed by atoms with Crippen LogP contribution in [0.25, 0.3) is 6.08 Å². The third-order valence-corrected chi connectivity index (χ3v) is 5.39. The first-order chi connectivity index (χ1) is 14.6. The van der Waals surface area contributed by atoms with E-state index in [1.54, 1.807) is 25.1 Å². The van der Waals surface area contributed by atoms with E-state index in [-0.39, 0.29) is 28.0 Å². The zero-order valence-corrected chi connectivity index (χ0v) is 19.2. The van der Waals surface area contributed by atoms with E-state index in [1.165, 1.54) is 18.2 Å². The number of benzene rings is 2. The highest BCUT2D eigenvalue weighted by atomic mass is 35.5. The number of nitrogens with one attached hydrogen (secondary N) is 1. The number of amides is 4. The fourth-order valence-corrected chi connectivity index (χ4v) is 3.69. The molecule has 2 aromatic rings. The second kappa shape index (κ2) is 9.30. The molecule has 1 saturated heterocycles. The zero-order chi connectivity index (χ0) is 22.9. The van der Waals surface area contributed by atoms with Crippen LogP contribution in [0.1, 0.15) is 25.0 Å². The van der Waals surface area contributed by atoms with Crippen molar-refractivity contribution in [2.24, 2.45) is 5.92 Å². The van der Waals surface area contributed by atoms with Gasteiger partial charge in [-0.25, -0.2) is 9.69 Å². The predicted octanol–water partition coefficient (Wildman–Crippen LogP) is 5.66. The molecule has 0 unspecified atom stereocenters. The van der Waals surface area contributed by atoms with Gasteiger partial charge in [0.15, 0.2) is 0 Å². The predicted molar refractivity (Wildman–Crippen MR) is 122 cm³/mol. The maximum absolute atomic E-state index is 13.2. The lowest BCUT2D eigenvalue weighted by Gasteiger charge is -2.28. The Morgan fingerprint density at radius 3 is 2.48 bits per heavy atom. The second-order valence-electron chi connectivity index (χ2n) is 7.35. The Bertz CT molecular complexity index is 1110. The molecule has 2 aromatic carbocycles. The number of hydrogen-bond donors (Lipinski definition) is 1. The molecule has 1 aliphatic rings. The molecule has 162 valence electrons. The number of hydrogen-bond acceptors (Lipinski definition) is 4. The Morgan fingerprint density at radius 1 is 1.10 bits per heavy atom. The van der Waals surface area contributed by atoms with Crippen molar-refractivity contribution >= 4 is 64.4 Å². The van der Waals surface area contributed by atoms with E-state index in [1.807, 2.05) is 13.8 Å². The first-order valence-electron chi connectivity index (χ1n) is 9.38. The van der Waals surface area contributed by atoms with E-state index >= 15 is 0 Å². The molecule has 0 radical (unpaired) electrons. The smallest absolute Gasteiger partial charge is 0.335 e. The van der Waals surface area contributed by atoms with Gasteiger partial charge in [-0.15, -0.1) is 0 Å². The van der Waals surface area contributed by atoms with Gasteiger partial charge in [0.1, 0.15) is 11.3 Å². The molecule has 0 saturated carbocycles. The molecular weight excluding hydrogens is 463 g/mol. The van der Waals surface area contributed by atoms with Crippen LogP contribution in [-0.4, -0.2) is 24.5 Å². The number of imide groups is 2. The summed E-state index contributed by atoms with van der Waals surface area (Å²) >= 11 is 18.6. The van der Waals surface area contributed by atoms with Crippen molar-refractivity contribution in [2.45, 2.75) is 20.8 Å². The van der Waals surface area contributed by atoms with E-state index < -0.39 is 17.8 Å².